The molecule has 0 bridgehead atoms. The highest BCUT2D eigenvalue weighted by molar-refractivity contribution is 6.31. The van der Waals surface area contributed by atoms with Gasteiger partial charge in [-0.05, 0) is 24.8 Å². The van der Waals surface area contributed by atoms with E-state index in [1.165, 1.54) is 13.2 Å². The average molecular weight is 346 g/mol. The number of fused-ring (bicyclic) bond motifs is 1. The molecule has 1 aromatic carbocycles. The number of ether oxygens (including phenoxy) is 2. The Labute approximate surface area is 134 Å². The third-order valence-electron chi connectivity index (χ3n) is 3.57. The fourth-order valence-electron chi connectivity index (χ4n) is 2.28. The SMILES string of the molecule is COc1cc(Cl)cc2c1NC(=O)OC2(C#CC1CC1)C(F)(F)F. The van der Waals surface area contributed by atoms with Crippen LogP contribution >= 0.6 is 11.6 Å². The Morgan fingerprint density at radius 1 is 1.43 bits per heavy atom. The molecule has 1 aromatic rings. The Morgan fingerprint density at radius 3 is 2.70 bits per heavy atom. The van der Waals surface area contributed by atoms with Crippen molar-refractivity contribution in [1.29, 1.82) is 0 Å². The van der Waals surface area contributed by atoms with Gasteiger partial charge in [-0.3, -0.25) is 5.32 Å². The van der Waals surface area contributed by atoms with Crippen LogP contribution in [0.1, 0.15) is 18.4 Å². The van der Waals surface area contributed by atoms with E-state index in [0.29, 0.717) is 0 Å². The minimum Gasteiger partial charge on any atom is -0.495 e. The first-order chi connectivity index (χ1) is 10.8. The molecule has 1 unspecified atom stereocenters. The molecular formula is C15H11ClF3NO3. The second-order valence-corrected chi connectivity index (χ2v) is 5.70. The zero-order valence-electron chi connectivity index (χ0n) is 11.9. The number of hydrogen-bond acceptors (Lipinski definition) is 3. The summed E-state index contributed by atoms with van der Waals surface area (Å²) in [4.78, 5) is 11.7. The highest BCUT2D eigenvalue weighted by atomic mass is 35.5. The minimum absolute atomic E-state index is 0.00555. The number of nitrogens with one attached hydrogen (secondary N) is 1. The number of cyclic esters (lactones) is 1. The Morgan fingerprint density at radius 2 is 2.13 bits per heavy atom. The van der Waals surface area contributed by atoms with E-state index in [2.05, 4.69) is 21.9 Å². The third kappa shape index (κ3) is 2.68. The molecule has 3 rings (SSSR count). The van der Waals surface area contributed by atoms with Crippen LogP contribution in [0.4, 0.5) is 23.7 Å². The van der Waals surface area contributed by atoms with Crippen molar-refractivity contribution in [3.63, 3.8) is 0 Å². The topological polar surface area (TPSA) is 47.6 Å². The van der Waals surface area contributed by atoms with Crippen LogP contribution in [0.3, 0.4) is 0 Å². The molecule has 1 aliphatic heterocycles. The van der Waals surface area contributed by atoms with Crippen molar-refractivity contribution >= 4 is 23.4 Å². The van der Waals surface area contributed by atoms with E-state index in [1.54, 1.807) is 0 Å². The maximum atomic E-state index is 13.8. The molecule has 4 nitrogen and oxygen atoms in total. The molecule has 122 valence electrons. The molecule has 2 aliphatic rings. The van der Waals surface area contributed by atoms with Gasteiger partial charge in [0.25, 0.3) is 5.60 Å². The maximum Gasteiger partial charge on any atom is 0.445 e. The summed E-state index contributed by atoms with van der Waals surface area (Å²) >= 11 is 5.89. The molecule has 1 heterocycles. The van der Waals surface area contributed by atoms with Crippen LogP contribution in [0, 0.1) is 17.8 Å². The molecule has 1 N–H and O–H groups in total. The summed E-state index contributed by atoms with van der Waals surface area (Å²) in [6, 6.07) is 2.38. The molecule has 1 aliphatic carbocycles. The smallest absolute Gasteiger partial charge is 0.445 e. The van der Waals surface area contributed by atoms with Crippen LogP contribution in [0.25, 0.3) is 0 Å². The van der Waals surface area contributed by atoms with Crippen molar-refractivity contribution in [3.05, 3.63) is 22.7 Å². The Bertz CT molecular complexity index is 734. The summed E-state index contributed by atoms with van der Waals surface area (Å²) in [7, 11) is 1.26. The van der Waals surface area contributed by atoms with Crippen molar-refractivity contribution in [2.45, 2.75) is 24.6 Å². The summed E-state index contributed by atoms with van der Waals surface area (Å²) in [6.07, 6.45) is -4.71. The van der Waals surface area contributed by atoms with E-state index >= 15 is 0 Å². The summed E-state index contributed by atoms with van der Waals surface area (Å²) in [5.41, 5.74) is -3.59. The minimum atomic E-state index is -4.93. The van der Waals surface area contributed by atoms with E-state index in [0.717, 1.165) is 18.9 Å². The first-order valence-electron chi connectivity index (χ1n) is 6.74. The predicted molar refractivity (Wildman–Crippen MR) is 76.3 cm³/mol. The molecule has 1 amide bonds. The van der Waals surface area contributed by atoms with Gasteiger partial charge in [0.15, 0.2) is 0 Å². The summed E-state index contributed by atoms with van der Waals surface area (Å²) < 4.78 is 51.0. The molecule has 0 radical (unpaired) electrons. The number of hydrogen-bond donors (Lipinski definition) is 1. The average Bonchev–Trinajstić information content (AvgIpc) is 3.27. The molecule has 0 saturated heterocycles. The first kappa shape index (κ1) is 15.8. The molecular weight excluding hydrogens is 335 g/mol. The Hall–Kier alpha value is -2.07. The zero-order valence-corrected chi connectivity index (χ0v) is 12.6. The lowest BCUT2D eigenvalue weighted by atomic mass is 9.90. The molecule has 23 heavy (non-hydrogen) atoms. The largest absolute Gasteiger partial charge is 0.495 e. The van der Waals surface area contributed by atoms with Gasteiger partial charge in [-0.1, -0.05) is 17.5 Å². The predicted octanol–water partition coefficient (Wildman–Crippen LogP) is 4.08. The van der Waals surface area contributed by atoms with E-state index < -0.39 is 17.9 Å². The van der Waals surface area contributed by atoms with Gasteiger partial charge in [-0.15, -0.1) is 0 Å². The van der Waals surface area contributed by atoms with Crippen molar-refractivity contribution in [3.8, 4) is 17.6 Å². The maximum absolute atomic E-state index is 13.8. The van der Waals surface area contributed by atoms with Crippen LogP contribution in [0.2, 0.25) is 5.02 Å². The van der Waals surface area contributed by atoms with Crippen molar-refractivity contribution in [2.75, 3.05) is 12.4 Å². The van der Waals surface area contributed by atoms with Crippen LogP contribution in [0.5, 0.6) is 5.75 Å². The lowest BCUT2D eigenvalue weighted by Crippen LogP contribution is -2.49. The quantitative estimate of drug-likeness (QED) is 0.780. The van der Waals surface area contributed by atoms with Crippen LogP contribution in [-0.4, -0.2) is 19.4 Å². The number of amides is 1. The van der Waals surface area contributed by atoms with Crippen LogP contribution in [0.15, 0.2) is 12.1 Å². The fraction of sp³-hybridized carbons (Fsp3) is 0.400. The second-order valence-electron chi connectivity index (χ2n) is 5.27. The molecule has 8 heteroatoms. The number of carbonyl (C=O) groups excluding carboxylic acids is 1. The van der Waals surface area contributed by atoms with Gasteiger partial charge in [0.2, 0.25) is 0 Å². The zero-order chi connectivity index (χ0) is 16.8. The number of rotatable bonds is 1. The first-order valence-corrected chi connectivity index (χ1v) is 7.12. The Balaban J connectivity index is 2.27. The normalized spacial score (nSPS) is 23.1. The van der Waals surface area contributed by atoms with Gasteiger partial charge in [-0.25, -0.2) is 4.79 Å². The lowest BCUT2D eigenvalue weighted by Gasteiger charge is -2.36. The summed E-state index contributed by atoms with van der Waals surface area (Å²) in [5, 5.41) is 2.24. The van der Waals surface area contributed by atoms with Gasteiger partial charge in [-0.2, -0.15) is 13.2 Å². The molecule has 1 fully saturated rings. The molecule has 0 spiro atoms. The van der Waals surface area contributed by atoms with E-state index in [-0.39, 0.29) is 27.9 Å². The number of carbonyl (C=O) groups is 1. The summed E-state index contributed by atoms with van der Waals surface area (Å²) in [6.45, 7) is 0. The van der Waals surface area contributed by atoms with Gasteiger partial charge in [0, 0.05) is 22.6 Å². The molecule has 0 aromatic heterocycles. The number of methoxy groups -OCH3 is 1. The van der Waals surface area contributed by atoms with Crippen LogP contribution < -0.4 is 10.1 Å². The molecule has 1 atom stereocenters. The van der Waals surface area contributed by atoms with Gasteiger partial charge in [0.05, 0.1) is 12.8 Å². The second kappa shape index (κ2) is 5.24. The Kier molecular flexibility index (Phi) is 3.60. The molecule has 1 saturated carbocycles. The van der Waals surface area contributed by atoms with Gasteiger partial charge in [0.1, 0.15) is 5.75 Å². The van der Waals surface area contributed by atoms with Crippen molar-refractivity contribution in [2.24, 2.45) is 5.92 Å². The fourth-order valence-corrected chi connectivity index (χ4v) is 2.48. The number of alkyl halides is 3. The van der Waals surface area contributed by atoms with Crippen molar-refractivity contribution in [1.82, 2.24) is 0 Å². The number of benzene rings is 1. The van der Waals surface area contributed by atoms with E-state index in [4.69, 9.17) is 16.3 Å². The summed E-state index contributed by atoms with van der Waals surface area (Å²) in [5.74, 6) is 4.56. The highest BCUT2D eigenvalue weighted by Crippen LogP contribution is 2.50. The number of halogens is 4. The van der Waals surface area contributed by atoms with Gasteiger partial charge < -0.3 is 9.47 Å². The van der Waals surface area contributed by atoms with Crippen LogP contribution in [-0.2, 0) is 10.3 Å². The standard InChI is InChI=1S/C15H11ClF3NO3/c1-22-11-7-9(16)6-10-12(11)20-13(21)23-14(10,15(17,18)19)5-4-8-2-3-8/h6-8H,2-3H2,1H3,(H,20,21). The highest BCUT2D eigenvalue weighted by Gasteiger charge is 2.62. The number of anilines is 1. The van der Waals surface area contributed by atoms with Crippen molar-refractivity contribution < 1.29 is 27.4 Å². The van der Waals surface area contributed by atoms with E-state index in [1.807, 2.05) is 0 Å². The third-order valence-corrected chi connectivity index (χ3v) is 3.79. The lowest BCUT2D eigenvalue weighted by molar-refractivity contribution is -0.239. The monoisotopic (exact) mass is 345 g/mol. The van der Waals surface area contributed by atoms with E-state index in [9.17, 15) is 18.0 Å². The van der Waals surface area contributed by atoms with Gasteiger partial charge >= 0.3 is 12.3 Å².